The summed E-state index contributed by atoms with van der Waals surface area (Å²) >= 11 is 0. The number of sulfonamides is 1. The largest absolute Gasteiger partial charge is 0.393 e. The Morgan fingerprint density at radius 1 is 1.60 bits per heavy atom. The van der Waals surface area contributed by atoms with E-state index in [9.17, 15) is 13.5 Å². The molecule has 2 atom stereocenters. The molecule has 0 aromatic carbocycles. The molecule has 0 amide bonds. The van der Waals surface area contributed by atoms with Crippen LogP contribution in [0.2, 0.25) is 0 Å². The van der Waals surface area contributed by atoms with E-state index in [0.717, 1.165) is 32.3 Å². The Labute approximate surface area is 91.5 Å². The van der Waals surface area contributed by atoms with Crippen LogP contribution in [0.1, 0.15) is 13.3 Å². The highest BCUT2D eigenvalue weighted by Gasteiger charge is 2.25. The van der Waals surface area contributed by atoms with Crippen LogP contribution in [0.5, 0.6) is 0 Å². The molecule has 15 heavy (non-hydrogen) atoms. The lowest BCUT2D eigenvalue weighted by Gasteiger charge is -2.17. The van der Waals surface area contributed by atoms with Crippen molar-refractivity contribution in [3.8, 4) is 0 Å². The molecule has 1 heterocycles. The smallest absolute Gasteiger partial charge is 0.208 e. The molecule has 2 unspecified atom stereocenters. The molecule has 0 aromatic heterocycles. The van der Waals surface area contributed by atoms with Gasteiger partial charge in [0.15, 0.2) is 0 Å². The topological polar surface area (TPSA) is 69.6 Å². The predicted octanol–water partition coefficient (Wildman–Crippen LogP) is -0.762. The zero-order valence-corrected chi connectivity index (χ0v) is 10.1. The average molecular weight is 236 g/mol. The van der Waals surface area contributed by atoms with Gasteiger partial charge in [-0.1, -0.05) is 0 Å². The number of hydrogen-bond acceptors (Lipinski definition) is 4. The zero-order valence-electron chi connectivity index (χ0n) is 9.31. The van der Waals surface area contributed by atoms with Gasteiger partial charge in [-0.25, -0.2) is 13.1 Å². The second-order valence-electron chi connectivity index (χ2n) is 4.26. The number of hydrogen-bond donors (Lipinski definition) is 2. The van der Waals surface area contributed by atoms with E-state index in [1.54, 1.807) is 0 Å². The second-order valence-corrected chi connectivity index (χ2v) is 6.09. The molecular weight excluding hydrogens is 216 g/mol. The van der Waals surface area contributed by atoms with E-state index < -0.39 is 10.0 Å². The lowest BCUT2D eigenvalue weighted by molar-refractivity contribution is 0.128. The highest BCUT2D eigenvalue weighted by Crippen LogP contribution is 2.18. The average Bonchev–Trinajstić information content (AvgIpc) is 2.50. The summed E-state index contributed by atoms with van der Waals surface area (Å²) in [6, 6.07) is 0. The number of aliphatic hydroxyl groups excluding tert-OH is 1. The molecular formula is C9H20N2O3S. The fraction of sp³-hybridized carbons (Fsp3) is 1.00. The van der Waals surface area contributed by atoms with Gasteiger partial charge >= 0.3 is 0 Å². The Balaban J connectivity index is 2.20. The van der Waals surface area contributed by atoms with Crippen molar-refractivity contribution in [3.63, 3.8) is 0 Å². The van der Waals surface area contributed by atoms with Gasteiger partial charge in [0.1, 0.15) is 0 Å². The molecule has 1 rings (SSSR count). The van der Waals surface area contributed by atoms with Crippen LogP contribution >= 0.6 is 0 Å². The van der Waals surface area contributed by atoms with Crippen LogP contribution in [-0.2, 0) is 10.0 Å². The predicted molar refractivity (Wildman–Crippen MR) is 59.1 cm³/mol. The van der Waals surface area contributed by atoms with E-state index in [-0.39, 0.29) is 6.10 Å². The van der Waals surface area contributed by atoms with Crippen LogP contribution in [0.15, 0.2) is 0 Å². The lowest BCUT2D eigenvalue weighted by atomic mass is 10.0. The van der Waals surface area contributed by atoms with Crippen LogP contribution in [0.25, 0.3) is 0 Å². The SMILES string of the molecule is CC(O)C1CCN(CCNS(C)(=O)=O)C1. The molecule has 0 aliphatic carbocycles. The summed E-state index contributed by atoms with van der Waals surface area (Å²) in [5.74, 6) is 0.336. The fourth-order valence-corrected chi connectivity index (χ4v) is 2.31. The second kappa shape index (κ2) is 5.25. The maximum atomic E-state index is 10.8. The zero-order chi connectivity index (χ0) is 11.5. The van der Waals surface area contributed by atoms with Crippen molar-refractivity contribution in [1.29, 1.82) is 0 Å². The molecule has 6 heteroatoms. The first-order valence-corrected chi connectivity index (χ1v) is 7.12. The van der Waals surface area contributed by atoms with Crippen molar-refractivity contribution >= 4 is 10.0 Å². The molecule has 90 valence electrons. The van der Waals surface area contributed by atoms with E-state index in [2.05, 4.69) is 9.62 Å². The van der Waals surface area contributed by atoms with Gasteiger partial charge < -0.3 is 10.0 Å². The van der Waals surface area contributed by atoms with Gasteiger partial charge in [0, 0.05) is 19.6 Å². The summed E-state index contributed by atoms with van der Waals surface area (Å²) in [6.07, 6.45) is 1.89. The molecule has 1 aliphatic rings. The van der Waals surface area contributed by atoms with Crippen LogP contribution in [0.3, 0.4) is 0 Å². The van der Waals surface area contributed by atoms with Crippen molar-refractivity contribution in [2.24, 2.45) is 5.92 Å². The van der Waals surface area contributed by atoms with E-state index in [4.69, 9.17) is 0 Å². The maximum Gasteiger partial charge on any atom is 0.208 e. The third-order valence-electron chi connectivity index (χ3n) is 2.78. The fourth-order valence-electron chi connectivity index (χ4n) is 1.85. The van der Waals surface area contributed by atoms with Gasteiger partial charge in [0.2, 0.25) is 10.0 Å². The van der Waals surface area contributed by atoms with Crippen molar-refractivity contribution in [3.05, 3.63) is 0 Å². The molecule has 2 N–H and O–H groups in total. The molecule has 5 nitrogen and oxygen atoms in total. The van der Waals surface area contributed by atoms with Crippen LogP contribution in [-0.4, -0.2) is 57.0 Å². The highest BCUT2D eigenvalue weighted by molar-refractivity contribution is 7.88. The molecule has 0 spiro atoms. The Hall–Kier alpha value is -0.170. The molecule has 0 bridgehead atoms. The van der Waals surface area contributed by atoms with Crippen LogP contribution < -0.4 is 4.72 Å². The summed E-state index contributed by atoms with van der Waals surface area (Å²) in [6.45, 7) is 4.79. The van der Waals surface area contributed by atoms with Gasteiger partial charge in [0.25, 0.3) is 0 Å². The Kier molecular flexibility index (Phi) is 4.51. The highest BCUT2D eigenvalue weighted by atomic mass is 32.2. The standard InChI is InChI=1S/C9H20N2O3S/c1-8(12)9-3-5-11(7-9)6-4-10-15(2,13)14/h8-10,12H,3-7H2,1-2H3. The third kappa shape index (κ3) is 4.92. The van der Waals surface area contributed by atoms with Gasteiger partial charge in [-0.2, -0.15) is 0 Å². The molecule has 0 saturated carbocycles. The number of likely N-dealkylation sites (tertiary alicyclic amines) is 1. The van der Waals surface area contributed by atoms with Crippen LogP contribution in [0.4, 0.5) is 0 Å². The van der Waals surface area contributed by atoms with Crippen molar-refractivity contribution in [2.45, 2.75) is 19.4 Å². The number of nitrogens with one attached hydrogen (secondary N) is 1. The lowest BCUT2D eigenvalue weighted by Crippen LogP contribution is -2.34. The minimum Gasteiger partial charge on any atom is -0.393 e. The number of aliphatic hydroxyl groups is 1. The van der Waals surface area contributed by atoms with Gasteiger partial charge in [0.05, 0.1) is 12.4 Å². The minimum atomic E-state index is -3.07. The van der Waals surface area contributed by atoms with E-state index in [1.807, 2.05) is 6.92 Å². The molecule has 1 aliphatic heterocycles. The summed E-state index contributed by atoms with van der Waals surface area (Å²) in [5, 5.41) is 9.39. The number of rotatable bonds is 5. The van der Waals surface area contributed by atoms with Gasteiger partial charge in [-0.15, -0.1) is 0 Å². The Morgan fingerprint density at radius 3 is 2.73 bits per heavy atom. The summed E-state index contributed by atoms with van der Waals surface area (Å²) in [7, 11) is -3.07. The van der Waals surface area contributed by atoms with Gasteiger partial charge in [-0.05, 0) is 25.8 Å². The van der Waals surface area contributed by atoms with E-state index in [0.29, 0.717) is 12.5 Å². The van der Waals surface area contributed by atoms with Crippen molar-refractivity contribution in [2.75, 3.05) is 32.4 Å². The molecule has 1 saturated heterocycles. The summed E-state index contributed by atoms with van der Waals surface area (Å²) in [4.78, 5) is 2.18. The van der Waals surface area contributed by atoms with Crippen molar-refractivity contribution in [1.82, 2.24) is 9.62 Å². The first-order valence-electron chi connectivity index (χ1n) is 5.23. The molecule has 1 fully saturated rings. The summed E-state index contributed by atoms with van der Waals surface area (Å²) in [5.41, 5.74) is 0. The maximum absolute atomic E-state index is 10.8. The van der Waals surface area contributed by atoms with E-state index >= 15 is 0 Å². The normalized spacial score (nSPS) is 25.7. The number of nitrogens with zero attached hydrogens (tertiary/aromatic N) is 1. The monoisotopic (exact) mass is 236 g/mol. The quantitative estimate of drug-likeness (QED) is 0.658. The Morgan fingerprint density at radius 2 is 2.27 bits per heavy atom. The Bertz CT molecular complexity index is 290. The molecule has 0 aromatic rings. The van der Waals surface area contributed by atoms with Crippen LogP contribution in [0, 0.1) is 5.92 Å². The first-order chi connectivity index (χ1) is 6.88. The molecule has 0 radical (unpaired) electrons. The van der Waals surface area contributed by atoms with Crippen molar-refractivity contribution < 1.29 is 13.5 Å². The minimum absolute atomic E-state index is 0.266. The third-order valence-corrected chi connectivity index (χ3v) is 3.51. The first kappa shape index (κ1) is 12.9. The summed E-state index contributed by atoms with van der Waals surface area (Å²) < 4.78 is 24.1. The van der Waals surface area contributed by atoms with Gasteiger partial charge in [-0.3, -0.25) is 0 Å². The van der Waals surface area contributed by atoms with E-state index in [1.165, 1.54) is 0 Å².